The molecule has 3 nitrogen and oxygen atoms in total. The molecule has 0 bridgehead atoms. The Labute approximate surface area is 97.2 Å². The third kappa shape index (κ3) is 4.72. The molecule has 0 radical (unpaired) electrons. The van der Waals surface area contributed by atoms with Gasteiger partial charge < -0.3 is 14.7 Å². The van der Waals surface area contributed by atoms with Gasteiger partial charge in [0.15, 0.2) is 0 Å². The van der Waals surface area contributed by atoms with Gasteiger partial charge in [0, 0.05) is 17.8 Å². The molecule has 0 aromatic rings. The van der Waals surface area contributed by atoms with E-state index in [2.05, 4.69) is 18.2 Å². The monoisotopic (exact) mass is 233 g/mol. The molecule has 1 fully saturated rings. The fraction of sp³-hybridized carbons (Fsp3) is 1.00. The van der Waals surface area contributed by atoms with Crippen LogP contribution in [0.15, 0.2) is 0 Å². The molecule has 0 spiro atoms. The lowest BCUT2D eigenvalue weighted by atomic mass is 10.2. The predicted molar refractivity (Wildman–Crippen MR) is 65.5 cm³/mol. The zero-order valence-electron chi connectivity index (χ0n) is 9.82. The van der Waals surface area contributed by atoms with E-state index in [1.807, 2.05) is 11.8 Å². The molecule has 1 rings (SSSR count). The number of aliphatic hydroxyl groups excluding tert-OH is 1. The van der Waals surface area contributed by atoms with Crippen molar-refractivity contribution in [1.29, 1.82) is 0 Å². The van der Waals surface area contributed by atoms with Crippen LogP contribution in [-0.2, 0) is 4.74 Å². The van der Waals surface area contributed by atoms with Gasteiger partial charge in [0.2, 0.25) is 0 Å². The van der Waals surface area contributed by atoms with Crippen molar-refractivity contribution in [3.8, 4) is 0 Å². The van der Waals surface area contributed by atoms with Gasteiger partial charge in [0.25, 0.3) is 0 Å². The van der Waals surface area contributed by atoms with Gasteiger partial charge in [-0.15, -0.1) is 0 Å². The van der Waals surface area contributed by atoms with Crippen LogP contribution in [0, 0.1) is 0 Å². The Balaban J connectivity index is 2.09. The molecule has 2 atom stereocenters. The van der Waals surface area contributed by atoms with Gasteiger partial charge in [-0.2, -0.15) is 11.8 Å². The number of rotatable bonds is 7. The summed E-state index contributed by atoms with van der Waals surface area (Å²) >= 11 is 1.99. The topological polar surface area (TPSA) is 32.7 Å². The summed E-state index contributed by atoms with van der Waals surface area (Å²) in [6.07, 6.45) is 6.20. The lowest BCUT2D eigenvalue weighted by Gasteiger charge is -2.24. The van der Waals surface area contributed by atoms with Crippen molar-refractivity contribution < 1.29 is 9.84 Å². The van der Waals surface area contributed by atoms with E-state index in [1.54, 1.807) is 0 Å². The van der Waals surface area contributed by atoms with Crippen LogP contribution >= 0.6 is 11.8 Å². The molecule has 0 amide bonds. The first-order valence-electron chi connectivity index (χ1n) is 5.69. The minimum absolute atomic E-state index is 0.127. The fourth-order valence-electron chi connectivity index (χ4n) is 2.09. The molecule has 0 aromatic heterocycles. The maximum atomic E-state index is 8.57. The molecule has 15 heavy (non-hydrogen) atoms. The summed E-state index contributed by atoms with van der Waals surface area (Å²) in [5, 5.41) is 9.43. The lowest BCUT2D eigenvalue weighted by molar-refractivity contribution is 0.0709. The molecule has 0 saturated heterocycles. The smallest absolute Gasteiger partial charge is 0.0698 e. The standard InChI is InChI=1S/C11H23NO2S/c1-12(5-7-14-8-6-13)10-3-4-11(9-10)15-2/h10-11,13H,3-9H2,1-2H3/t10-,11-/m1/s1. The summed E-state index contributed by atoms with van der Waals surface area (Å²) in [5.74, 6) is 0. The number of nitrogens with zero attached hydrogens (tertiary/aromatic N) is 1. The van der Waals surface area contributed by atoms with E-state index in [0.29, 0.717) is 6.61 Å². The molecule has 90 valence electrons. The highest BCUT2D eigenvalue weighted by Gasteiger charge is 2.26. The van der Waals surface area contributed by atoms with Crippen molar-refractivity contribution in [3.63, 3.8) is 0 Å². The van der Waals surface area contributed by atoms with E-state index in [-0.39, 0.29) is 6.61 Å². The Morgan fingerprint density at radius 3 is 2.80 bits per heavy atom. The highest BCUT2D eigenvalue weighted by atomic mass is 32.2. The van der Waals surface area contributed by atoms with Gasteiger partial charge in [-0.1, -0.05) is 0 Å². The largest absolute Gasteiger partial charge is 0.394 e. The summed E-state index contributed by atoms with van der Waals surface area (Å²) in [5.41, 5.74) is 0. The molecular formula is C11H23NO2S. The van der Waals surface area contributed by atoms with E-state index in [9.17, 15) is 0 Å². The summed E-state index contributed by atoms with van der Waals surface area (Å²) in [6.45, 7) is 2.30. The summed E-state index contributed by atoms with van der Waals surface area (Å²) in [4.78, 5) is 2.40. The lowest BCUT2D eigenvalue weighted by Crippen LogP contribution is -2.32. The van der Waals surface area contributed by atoms with Crippen LogP contribution in [0.2, 0.25) is 0 Å². The van der Waals surface area contributed by atoms with Crippen molar-refractivity contribution in [2.75, 3.05) is 39.7 Å². The Morgan fingerprint density at radius 1 is 1.40 bits per heavy atom. The van der Waals surface area contributed by atoms with Crippen molar-refractivity contribution in [1.82, 2.24) is 4.90 Å². The maximum Gasteiger partial charge on any atom is 0.0698 e. The minimum Gasteiger partial charge on any atom is -0.394 e. The predicted octanol–water partition coefficient (Wildman–Crippen LogP) is 1.21. The molecule has 0 aliphatic heterocycles. The van der Waals surface area contributed by atoms with E-state index in [4.69, 9.17) is 9.84 Å². The normalized spacial score (nSPS) is 26.4. The third-order valence-corrected chi connectivity index (χ3v) is 4.23. The molecule has 1 aliphatic rings. The van der Waals surface area contributed by atoms with E-state index < -0.39 is 0 Å². The number of thioether (sulfide) groups is 1. The van der Waals surface area contributed by atoms with Crippen molar-refractivity contribution in [3.05, 3.63) is 0 Å². The van der Waals surface area contributed by atoms with Crippen molar-refractivity contribution in [2.45, 2.75) is 30.6 Å². The van der Waals surface area contributed by atoms with Crippen LogP contribution in [-0.4, -0.2) is 61.0 Å². The van der Waals surface area contributed by atoms with Crippen molar-refractivity contribution >= 4 is 11.8 Å². The number of hydrogen-bond donors (Lipinski definition) is 1. The highest BCUT2D eigenvalue weighted by Crippen LogP contribution is 2.30. The highest BCUT2D eigenvalue weighted by molar-refractivity contribution is 7.99. The summed E-state index contributed by atoms with van der Waals surface area (Å²) in [7, 11) is 2.18. The molecule has 1 N–H and O–H groups in total. The summed E-state index contributed by atoms with van der Waals surface area (Å²) < 4.78 is 5.27. The van der Waals surface area contributed by atoms with Gasteiger partial charge in [0.1, 0.15) is 0 Å². The van der Waals surface area contributed by atoms with Crippen LogP contribution in [0.4, 0.5) is 0 Å². The summed E-state index contributed by atoms with van der Waals surface area (Å²) in [6, 6.07) is 0.736. The molecular weight excluding hydrogens is 210 g/mol. The van der Waals surface area contributed by atoms with Gasteiger partial charge in [0.05, 0.1) is 19.8 Å². The average molecular weight is 233 g/mol. The van der Waals surface area contributed by atoms with Crippen LogP contribution in [0.5, 0.6) is 0 Å². The molecule has 0 unspecified atom stereocenters. The zero-order chi connectivity index (χ0) is 11.1. The van der Waals surface area contributed by atoms with Gasteiger partial charge in [-0.3, -0.25) is 0 Å². The Bertz CT molecular complexity index is 169. The Hall–Kier alpha value is 0.230. The van der Waals surface area contributed by atoms with E-state index in [1.165, 1.54) is 19.3 Å². The maximum absolute atomic E-state index is 8.57. The van der Waals surface area contributed by atoms with E-state index >= 15 is 0 Å². The second-order valence-corrected chi connectivity index (χ2v) is 5.28. The molecule has 4 heteroatoms. The van der Waals surface area contributed by atoms with Crippen molar-refractivity contribution in [2.24, 2.45) is 0 Å². The number of ether oxygens (including phenoxy) is 1. The number of hydrogen-bond acceptors (Lipinski definition) is 4. The van der Waals surface area contributed by atoms with Crippen LogP contribution in [0.1, 0.15) is 19.3 Å². The third-order valence-electron chi connectivity index (χ3n) is 3.14. The molecule has 0 heterocycles. The first kappa shape index (κ1) is 13.3. The fourth-order valence-corrected chi connectivity index (χ4v) is 2.88. The Kier molecular flexibility index (Phi) is 6.64. The average Bonchev–Trinajstić information content (AvgIpc) is 2.72. The van der Waals surface area contributed by atoms with Gasteiger partial charge in [-0.25, -0.2) is 0 Å². The Morgan fingerprint density at radius 2 is 2.20 bits per heavy atom. The molecule has 1 aliphatic carbocycles. The second kappa shape index (κ2) is 7.49. The first-order valence-corrected chi connectivity index (χ1v) is 6.98. The van der Waals surface area contributed by atoms with Gasteiger partial charge >= 0.3 is 0 Å². The van der Waals surface area contributed by atoms with Crippen LogP contribution in [0.25, 0.3) is 0 Å². The SMILES string of the molecule is CS[C@@H]1CC[C@@H](N(C)CCOCCO)C1. The number of likely N-dealkylation sites (N-methyl/N-ethyl adjacent to an activating group) is 1. The number of aliphatic hydroxyl groups is 1. The van der Waals surface area contributed by atoms with Gasteiger partial charge in [-0.05, 0) is 32.6 Å². The minimum atomic E-state index is 0.127. The van der Waals surface area contributed by atoms with E-state index in [0.717, 1.165) is 24.4 Å². The second-order valence-electron chi connectivity index (χ2n) is 4.14. The molecule has 1 saturated carbocycles. The molecule has 0 aromatic carbocycles. The zero-order valence-corrected chi connectivity index (χ0v) is 10.6. The first-order chi connectivity index (χ1) is 7.27. The van der Waals surface area contributed by atoms with Crippen LogP contribution < -0.4 is 0 Å². The van der Waals surface area contributed by atoms with Crippen LogP contribution in [0.3, 0.4) is 0 Å². The quantitative estimate of drug-likeness (QED) is 0.670.